The quantitative estimate of drug-likeness (QED) is 0.304. The molecule has 0 bridgehead atoms. The molecule has 0 amide bonds. The van der Waals surface area contributed by atoms with E-state index in [2.05, 4.69) is 27.7 Å². The molecule has 10 fully saturated rings. The lowest BCUT2D eigenvalue weighted by atomic mass is 9.57. The third-order valence-electron chi connectivity index (χ3n) is 18.8. The SMILES string of the molecule is N#CC1CC(C2CCC(C3CCNC4NCCCC43)CC2)CC(C#N)C1C1CCC(N2C3CCCCC3C3CC4C(CC32)OC2CCCCC24)CC1. The number of hydrogen-bond donors (Lipinski definition) is 2. The van der Waals surface area contributed by atoms with Crippen molar-refractivity contribution < 1.29 is 4.74 Å². The standard InChI is InChI=1S/C46H71N5O/c47-26-32-22-31(28-11-13-29(14-12-28)35-19-21-50-46-38(35)8-5-20-49-46)23-33(27-48)45(32)30-15-17-34(18-16-30)51-41-9-3-1-6-36(41)39-24-40-37-7-2-4-10-43(37)52-44(40)25-42(39)51/h28-46,49-50H,1-25H2. The molecule has 10 rings (SSSR count). The average Bonchev–Trinajstić information content (AvgIpc) is 3.74. The lowest BCUT2D eigenvalue weighted by Crippen LogP contribution is -2.58. The second kappa shape index (κ2) is 15.1. The third kappa shape index (κ3) is 6.23. The highest BCUT2D eigenvalue weighted by Gasteiger charge is 2.59. The van der Waals surface area contributed by atoms with Crippen molar-refractivity contribution >= 4 is 0 Å². The predicted octanol–water partition coefficient (Wildman–Crippen LogP) is 8.82. The van der Waals surface area contributed by atoms with Crippen molar-refractivity contribution in [2.75, 3.05) is 13.1 Å². The molecule has 4 saturated heterocycles. The van der Waals surface area contributed by atoms with E-state index in [0.29, 0.717) is 42.2 Å². The number of likely N-dealkylation sites (tertiary alicyclic amines) is 1. The van der Waals surface area contributed by atoms with Crippen LogP contribution in [0.15, 0.2) is 0 Å². The first-order chi connectivity index (χ1) is 25.7. The Labute approximate surface area is 316 Å². The molecule has 10 aliphatic rings. The van der Waals surface area contributed by atoms with Gasteiger partial charge >= 0.3 is 0 Å². The van der Waals surface area contributed by atoms with Gasteiger partial charge in [0.2, 0.25) is 0 Å². The smallest absolute Gasteiger partial charge is 0.0659 e. The van der Waals surface area contributed by atoms with Gasteiger partial charge in [0.1, 0.15) is 0 Å². The number of nitrogens with one attached hydrogen (secondary N) is 2. The number of hydrogen-bond acceptors (Lipinski definition) is 6. The summed E-state index contributed by atoms with van der Waals surface area (Å²) in [7, 11) is 0. The van der Waals surface area contributed by atoms with Gasteiger partial charge in [-0.25, -0.2) is 0 Å². The van der Waals surface area contributed by atoms with Crippen LogP contribution in [0, 0.1) is 99.6 Å². The molecular formula is C46H71N5O. The maximum Gasteiger partial charge on any atom is 0.0659 e. The van der Waals surface area contributed by atoms with E-state index in [0.717, 1.165) is 72.3 Å². The number of rotatable bonds is 4. The monoisotopic (exact) mass is 710 g/mol. The van der Waals surface area contributed by atoms with Crippen LogP contribution in [0.4, 0.5) is 0 Å². The highest BCUT2D eigenvalue weighted by Crippen LogP contribution is 2.58. The Bertz CT molecular complexity index is 1300. The Hall–Kier alpha value is -1.18. The molecule has 6 saturated carbocycles. The summed E-state index contributed by atoms with van der Waals surface area (Å²) < 4.78 is 6.92. The molecule has 13 atom stereocenters. The summed E-state index contributed by atoms with van der Waals surface area (Å²) in [6.45, 7) is 2.35. The molecule has 4 aliphatic heterocycles. The summed E-state index contributed by atoms with van der Waals surface area (Å²) in [5.74, 6) is 8.47. The summed E-state index contributed by atoms with van der Waals surface area (Å²) in [6, 6.07) is 8.01. The summed E-state index contributed by atoms with van der Waals surface area (Å²) >= 11 is 0. The van der Waals surface area contributed by atoms with Crippen molar-refractivity contribution in [2.45, 2.75) is 184 Å². The van der Waals surface area contributed by atoms with Crippen LogP contribution in [-0.4, -0.2) is 54.5 Å². The molecule has 6 heteroatoms. The first-order valence-corrected chi connectivity index (χ1v) is 23.4. The lowest BCUT2D eigenvalue weighted by molar-refractivity contribution is -0.0313. The van der Waals surface area contributed by atoms with E-state index < -0.39 is 0 Å². The van der Waals surface area contributed by atoms with Crippen LogP contribution < -0.4 is 10.6 Å². The highest BCUT2D eigenvalue weighted by atomic mass is 16.5. The van der Waals surface area contributed by atoms with Gasteiger partial charge < -0.3 is 15.4 Å². The second-order valence-electron chi connectivity index (χ2n) is 20.7. The maximum absolute atomic E-state index is 10.7. The molecule has 0 radical (unpaired) electrons. The number of piperidine rings is 2. The molecule has 0 aromatic carbocycles. The van der Waals surface area contributed by atoms with Gasteiger partial charge in [-0.2, -0.15) is 10.5 Å². The van der Waals surface area contributed by atoms with Crippen LogP contribution in [0.3, 0.4) is 0 Å². The Kier molecular flexibility index (Phi) is 10.2. The maximum atomic E-state index is 10.7. The topological polar surface area (TPSA) is 84.1 Å². The van der Waals surface area contributed by atoms with E-state index >= 15 is 0 Å². The van der Waals surface area contributed by atoms with E-state index in [-0.39, 0.29) is 11.8 Å². The normalized spacial score (nSPS) is 53.6. The first kappa shape index (κ1) is 35.2. The highest BCUT2D eigenvalue weighted by molar-refractivity contribution is 5.12. The van der Waals surface area contributed by atoms with Crippen LogP contribution in [0.1, 0.15) is 148 Å². The third-order valence-corrected chi connectivity index (χ3v) is 18.8. The summed E-state index contributed by atoms with van der Waals surface area (Å²) in [5.41, 5.74) is 0. The van der Waals surface area contributed by atoms with Crippen molar-refractivity contribution in [3.63, 3.8) is 0 Å². The zero-order valence-electron chi connectivity index (χ0n) is 32.4. The predicted molar refractivity (Wildman–Crippen MR) is 204 cm³/mol. The van der Waals surface area contributed by atoms with Crippen molar-refractivity contribution in [1.29, 1.82) is 10.5 Å². The Balaban J connectivity index is 0.772. The van der Waals surface area contributed by atoms with E-state index in [4.69, 9.17) is 4.74 Å². The summed E-state index contributed by atoms with van der Waals surface area (Å²) in [5, 5.41) is 28.9. The number of fused-ring (bicyclic) bond motifs is 7. The van der Waals surface area contributed by atoms with Gasteiger partial charge in [0.05, 0.1) is 42.3 Å². The Morgan fingerprint density at radius 3 is 1.92 bits per heavy atom. The Morgan fingerprint density at radius 2 is 1.13 bits per heavy atom. The van der Waals surface area contributed by atoms with Gasteiger partial charge in [0, 0.05) is 18.1 Å². The molecule has 6 aliphatic carbocycles. The van der Waals surface area contributed by atoms with Crippen molar-refractivity contribution in [3.8, 4) is 12.1 Å². The molecule has 6 nitrogen and oxygen atoms in total. The van der Waals surface area contributed by atoms with E-state index in [1.165, 1.54) is 148 Å². The molecule has 13 unspecified atom stereocenters. The van der Waals surface area contributed by atoms with Crippen molar-refractivity contribution in [1.82, 2.24) is 15.5 Å². The van der Waals surface area contributed by atoms with Crippen molar-refractivity contribution in [3.05, 3.63) is 0 Å². The Morgan fingerprint density at radius 1 is 0.462 bits per heavy atom. The minimum atomic E-state index is 0.0818. The minimum Gasteiger partial charge on any atom is -0.374 e. The molecule has 0 spiro atoms. The van der Waals surface area contributed by atoms with E-state index in [9.17, 15) is 10.5 Å². The van der Waals surface area contributed by atoms with Gasteiger partial charge in [-0.1, -0.05) is 25.7 Å². The van der Waals surface area contributed by atoms with E-state index in [1.54, 1.807) is 0 Å². The van der Waals surface area contributed by atoms with Crippen LogP contribution in [-0.2, 0) is 4.74 Å². The van der Waals surface area contributed by atoms with E-state index in [1.807, 2.05) is 0 Å². The molecule has 286 valence electrons. The lowest BCUT2D eigenvalue weighted by Gasteiger charge is -2.49. The van der Waals surface area contributed by atoms with Gasteiger partial charge in [0.15, 0.2) is 0 Å². The van der Waals surface area contributed by atoms with Gasteiger partial charge in [0.25, 0.3) is 0 Å². The number of ether oxygens (including phenoxy) is 1. The zero-order chi connectivity index (χ0) is 34.8. The fourth-order valence-corrected chi connectivity index (χ4v) is 16.7. The average molecular weight is 710 g/mol. The van der Waals surface area contributed by atoms with Gasteiger partial charge in [-0.3, -0.25) is 4.90 Å². The van der Waals surface area contributed by atoms with Crippen LogP contribution >= 0.6 is 0 Å². The van der Waals surface area contributed by atoms with Crippen molar-refractivity contribution in [2.24, 2.45) is 76.9 Å². The molecule has 4 heterocycles. The number of nitrogens with zero attached hydrogens (tertiary/aromatic N) is 3. The van der Waals surface area contributed by atoms with Crippen LogP contribution in [0.25, 0.3) is 0 Å². The summed E-state index contributed by atoms with van der Waals surface area (Å²) in [4.78, 5) is 3.15. The minimum absolute atomic E-state index is 0.0818. The summed E-state index contributed by atoms with van der Waals surface area (Å²) in [6.07, 6.45) is 32.5. The molecular weight excluding hydrogens is 639 g/mol. The molecule has 2 N–H and O–H groups in total. The first-order valence-electron chi connectivity index (χ1n) is 23.4. The molecule has 52 heavy (non-hydrogen) atoms. The largest absolute Gasteiger partial charge is 0.374 e. The second-order valence-corrected chi connectivity index (χ2v) is 20.7. The molecule has 0 aromatic rings. The fourth-order valence-electron chi connectivity index (χ4n) is 16.7. The fraction of sp³-hybridized carbons (Fsp3) is 0.957. The zero-order valence-corrected chi connectivity index (χ0v) is 32.4. The van der Waals surface area contributed by atoms with Gasteiger partial charge in [-0.15, -0.1) is 0 Å². The van der Waals surface area contributed by atoms with Gasteiger partial charge in [-0.05, 0) is 200 Å². The number of nitriles is 2. The van der Waals surface area contributed by atoms with Crippen LogP contribution in [0.5, 0.6) is 0 Å². The molecule has 0 aromatic heterocycles. The van der Waals surface area contributed by atoms with Crippen LogP contribution in [0.2, 0.25) is 0 Å².